The van der Waals surface area contributed by atoms with Crippen molar-refractivity contribution in [2.75, 3.05) is 13.2 Å². The van der Waals surface area contributed by atoms with Gasteiger partial charge in [-0.1, -0.05) is 56.1 Å². The molecule has 1 aromatic carbocycles. The van der Waals surface area contributed by atoms with Crippen molar-refractivity contribution < 1.29 is 61.6 Å². The number of unbranched alkanes of at least 4 members (excludes halogenated alkanes) is 8. The Kier molecular flexibility index (Phi) is 18.9. The maximum atomic E-state index is 12.7. The van der Waals surface area contributed by atoms with Gasteiger partial charge in [-0.2, -0.15) is 0 Å². The van der Waals surface area contributed by atoms with Crippen LogP contribution in [0.3, 0.4) is 0 Å². The zero-order chi connectivity index (χ0) is 25.2. The van der Waals surface area contributed by atoms with E-state index < -0.39 is 32.5 Å². The van der Waals surface area contributed by atoms with Gasteiger partial charge in [0.2, 0.25) is 0 Å². The Hall–Kier alpha value is -1.45. The molecule has 0 aliphatic heterocycles. The predicted molar refractivity (Wildman–Crippen MR) is 131 cm³/mol. The van der Waals surface area contributed by atoms with Crippen molar-refractivity contribution in [1.29, 1.82) is 0 Å². The van der Waals surface area contributed by atoms with Crippen LogP contribution in [0.4, 0.5) is 0 Å². The van der Waals surface area contributed by atoms with E-state index in [9.17, 15) is 22.6 Å². The molecule has 0 amide bonds. The van der Waals surface area contributed by atoms with Crippen molar-refractivity contribution in [2.24, 2.45) is 0 Å². The minimum Gasteiger partial charge on any atom is -0.744 e. The van der Waals surface area contributed by atoms with Crippen LogP contribution >= 0.6 is 0 Å². The summed E-state index contributed by atoms with van der Waals surface area (Å²) in [5.74, 6) is -1.87. The number of ether oxygens (including phenoxy) is 2. The smallest absolute Gasteiger partial charge is 0.744 e. The van der Waals surface area contributed by atoms with E-state index in [0.717, 1.165) is 57.4 Å². The summed E-state index contributed by atoms with van der Waals surface area (Å²) in [5, 5.41) is 0. The van der Waals surface area contributed by atoms with Gasteiger partial charge in [-0.05, 0) is 64.5 Å². The molecular weight excluding hydrogens is 479 g/mol. The van der Waals surface area contributed by atoms with Gasteiger partial charge < -0.3 is 14.0 Å². The molecule has 0 aliphatic carbocycles. The van der Waals surface area contributed by atoms with Gasteiger partial charge in [0, 0.05) is 0 Å². The Morgan fingerprint density at radius 1 is 0.800 bits per heavy atom. The predicted octanol–water partition coefficient (Wildman–Crippen LogP) is 2.96. The van der Waals surface area contributed by atoms with Crippen LogP contribution in [-0.4, -0.2) is 38.1 Å². The second-order valence-corrected chi connectivity index (χ2v) is 9.30. The number of esters is 2. The van der Waals surface area contributed by atoms with Crippen LogP contribution in [0.25, 0.3) is 0 Å². The molecule has 0 heterocycles. The molecule has 0 aromatic heterocycles. The van der Waals surface area contributed by atoms with Crippen molar-refractivity contribution in [3.05, 3.63) is 53.6 Å². The molecule has 0 atom stereocenters. The minimum atomic E-state index is -4.99. The van der Waals surface area contributed by atoms with E-state index in [0.29, 0.717) is 12.8 Å². The molecular formula is C26H37NaO7S. The second-order valence-electron chi connectivity index (χ2n) is 7.95. The van der Waals surface area contributed by atoms with E-state index in [2.05, 4.69) is 12.2 Å². The van der Waals surface area contributed by atoms with Gasteiger partial charge in [-0.25, -0.2) is 18.0 Å². The molecule has 0 spiro atoms. The summed E-state index contributed by atoms with van der Waals surface area (Å²) in [6.07, 6.45) is 17.2. The van der Waals surface area contributed by atoms with Crippen LogP contribution < -0.4 is 29.6 Å². The van der Waals surface area contributed by atoms with Gasteiger partial charge in [0.05, 0.1) is 29.2 Å². The fourth-order valence-electron chi connectivity index (χ4n) is 3.37. The molecule has 0 unspecified atom stereocenters. The summed E-state index contributed by atoms with van der Waals surface area (Å²) in [6.45, 7) is 4.15. The topological polar surface area (TPSA) is 110 Å². The minimum absolute atomic E-state index is 0. The standard InChI is InChI=1S/C26H38O7S.Na/c1-3-5-7-9-11-13-15-20-32-25(27)22-18-17-19-23(34(29,30)31)24(22)26(28)33-21-16-14-12-10-8-6-4-2;/h3-6,17-19H,7-16,20-21H2,1-2H3,(H,29,30,31);/q;+1/p-1/b5-3+,6-4+;. The largest absolute Gasteiger partial charge is 1.00 e. The van der Waals surface area contributed by atoms with Crippen molar-refractivity contribution >= 4 is 22.1 Å². The fraction of sp³-hybridized carbons (Fsp3) is 0.538. The molecule has 0 N–H and O–H groups in total. The molecule has 35 heavy (non-hydrogen) atoms. The number of allylic oxidation sites excluding steroid dienone is 4. The van der Waals surface area contributed by atoms with Crippen molar-refractivity contribution in [1.82, 2.24) is 0 Å². The third kappa shape index (κ3) is 14.0. The molecule has 0 saturated heterocycles. The maximum Gasteiger partial charge on any atom is 1.00 e. The quantitative estimate of drug-likeness (QED) is 0.103. The number of carbonyl (C=O) groups excluding carboxylic acids is 2. The van der Waals surface area contributed by atoms with Crippen molar-refractivity contribution in [3.8, 4) is 0 Å². The molecule has 0 bridgehead atoms. The van der Waals surface area contributed by atoms with E-state index in [4.69, 9.17) is 9.47 Å². The summed E-state index contributed by atoms with van der Waals surface area (Å²) >= 11 is 0. The van der Waals surface area contributed by atoms with Crippen LogP contribution in [0.2, 0.25) is 0 Å². The summed E-state index contributed by atoms with van der Waals surface area (Å²) in [5.41, 5.74) is -0.830. The maximum absolute atomic E-state index is 12.7. The summed E-state index contributed by atoms with van der Waals surface area (Å²) < 4.78 is 45.6. The SMILES string of the molecule is C/C=C/CCCCCCOC(=O)c1cccc(S(=O)(=O)[O-])c1C(=O)OCCCCCC/C=C/C.[Na+]. The fourth-order valence-corrected chi connectivity index (χ4v) is 4.06. The summed E-state index contributed by atoms with van der Waals surface area (Å²) in [6, 6.07) is 3.51. The van der Waals surface area contributed by atoms with Crippen LogP contribution in [0.1, 0.15) is 98.8 Å². The number of hydrogen-bond donors (Lipinski definition) is 0. The Bertz CT molecular complexity index is 924. The number of benzene rings is 1. The Morgan fingerprint density at radius 2 is 1.29 bits per heavy atom. The zero-order valence-electron chi connectivity index (χ0n) is 21.3. The normalized spacial score (nSPS) is 11.5. The summed E-state index contributed by atoms with van der Waals surface area (Å²) in [7, 11) is -4.99. The molecule has 0 fully saturated rings. The third-order valence-corrected chi connectivity index (χ3v) is 6.07. The number of carbonyl (C=O) groups is 2. The molecule has 190 valence electrons. The van der Waals surface area contributed by atoms with E-state index in [1.54, 1.807) is 0 Å². The average Bonchev–Trinajstić information content (AvgIpc) is 2.81. The van der Waals surface area contributed by atoms with Gasteiger partial charge in [-0.15, -0.1) is 0 Å². The first-order valence-corrected chi connectivity index (χ1v) is 13.4. The van der Waals surface area contributed by atoms with E-state index >= 15 is 0 Å². The Balaban J connectivity index is 0.0000116. The first-order chi connectivity index (χ1) is 16.3. The first-order valence-electron chi connectivity index (χ1n) is 12.0. The van der Waals surface area contributed by atoms with Crippen LogP contribution in [-0.2, 0) is 19.6 Å². The average molecular weight is 517 g/mol. The van der Waals surface area contributed by atoms with Crippen molar-refractivity contribution in [2.45, 2.75) is 83.0 Å². The second kappa shape index (κ2) is 19.7. The number of hydrogen-bond acceptors (Lipinski definition) is 7. The summed E-state index contributed by atoms with van der Waals surface area (Å²) in [4.78, 5) is 24.5. The monoisotopic (exact) mass is 516 g/mol. The molecule has 1 rings (SSSR count). The van der Waals surface area contributed by atoms with Crippen LogP contribution in [0.5, 0.6) is 0 Å². The van der Waals surface area contributed by atoms with E-state index in [1.165, 1.54) is 12.1 Å². The van der Waals surface area contributed by atoms with Gasteiger partial charge >= 0.3 is 41.5 Å². The molecule has 0 aliphatic rings. The van der Waals surface area contributed by atoms with E-state index in [1.807, 2.05) is 26.0 Å². The molecule has 0 radical (unpaired) electrons. The first kappa shape index (κ1) is 33.5. The number of rotatable bonds is 17. The van der Waals surface area contributed by atoms with Gasteiger partial charge in [0.1, 0.15) is 10.1 Å². The van der Waals surface area contributed by atoms with Crippen molar-refractivity contribution in [3.63, 3.8) is 0 Å². The van der Waals surface area contributed by atoms with Crippen LogP contribution in [0.15, 0.2) is 47.4 Å². The van der Waals surface area contributed by atoms with Gasteiger partial charge in [-0.3, -0.25) is 0 Å². The zero-order valence-corrected chi connectivity index (χ0v) is 24.1. The molecule has 0 saturated carbocycles. The van der Waals surface area contributed by atoms with E-state index in [-0.39, 0.29) is 48.3 Å². The molecule has 7 nitrogen and oxygen atoms in total. The third-order valence-electron chi connectivity index (χ3n) is 5.19. The Morgan fingerprint density at radius 3 is 1.77 bits per heavy atom. The van der Waals surface area contributed by atoms with Crippen LogP contribution in [0, 0.1) is 0 Å². The molecule has 1 aromatic rings. The van der Waals surface area contributed by atoms with Gasteiger partial charge in [0.15, 0.2) is 0 Å². The Labute approximate surface area is 232 Å². The van der Waals surface area contributed by atoms with Gasteiger partial charge in [0.25, 0.3) is 0 Å². The molecule has 9 heteroatoms.